The summed E-state index contributed by atoms with van der Waals surface area (Å²) in [6.07, 6.45) is -2.79. The lowest BCUT2D eigenvalue weighted by Gasteiger charge is -2.44. The molecule has 2 saturated heterocycles. The number of anilines is 1. The minimum atomic E-state index is -5.08. The molecule has 2 aliphatic rings. The molecule has 9 nitrogen and oxygen atoms in total. The van der Waals surface area contributed by atoms with E-state index in [4.69, 9.17) is 24.5 Å². The Balaban J connectivity index is 0.000000317. The second-order valence-electron chi connectivity index (χ2n) is 8.85. The van der Waals surface area contributed by atoms with E-state index in [2.05, 4.69) is 38.6 Å². The van der Waals surface area contributed by atoms with Gasteiger partial charge in [-0.1, -0.05) is 0 Å². The molecule has 2 aliphatic heterocycles. The number of fused-ring (bicyclic) bond motifs is 1. The van der Waals surface area contributed by atoms with Gasteiger partial charge in [0.05, 0.1) is 6.10 Å². The van der Waals surface area contributed by atoms with Crippen LogP contribution in [-0.4, -0.2) is 81.7 Å². The van der Waals surface area contributed by atoms with E-state index in [-0.39, 0.29) is 5.41 Å². The fourth-order valence-corrected chi connectivity index (χ4v) is 5.17. The van der Waals surface area contributed by atoms with Gasteiger partial charge in [0.15, 0.2) is 0 Å². The Morgan fingerprint density at radius 2 is 1.74 bits per heavy atom. The van der Waals surface area contributed by atoms with Gasteiger partial charge in [0.2, 0.25) is 5.95 Å². The number of nitrogens with zero attached hydrogens (tertiary/aromatic N) is 3. The molecule has 39 heavy (non-hydrogen) atoms. The molecule has 16 heteroatoms. The molecule has 0 spiro atoms. The number of thiophene rings is 1. The number of nitrogens with one attached hydrogen (secondary N) is 1. The van der Waals surface area contributed by atoms with Gasteiger partial charge in [-0.15, -0.1) is 11.3 Å². The Morgan fingerprint density at radius 3 is 2.26 bits per heavy atom. The number of carbonyl (C=O) groups is 2. The van der Waals surface area contributed by atoms with E-state index in [1.165, 1.54) is 10.4 Å². The maximum Gasteiger partial charge on any atom is 0.490 e. The lowest BCUT2D eigenvalue weighted by atomic mass is 9.74. The van der Waals surface area contributed by atoms with Crippen LogP contribution in [0, 0.1) is 12.3 Å². The number of aromatic nitrogens is 2. The van der Waals surface area contributed by atoms with Gasteiger partial charge in [-0.05, 0) is 49.3 Å². The summed E-state index contributed by atoms with van der Waals surface area (Å²) < 4.78 is 69.6. The standard InChI is InChI=1S/C19H26N4OS.2C2HF3O2/c1-15-4-12-25-16(15)13-23-10-3-17-19(14-23,6-11-24-17)5-9-22-18-20-7-2-8-21-18;2*3-2(4,5)1(6)7/h2,4,7-8,12,17H,3,5-6,9-11,13-14H2,1H3,(H,20,21,22);2*(H,6,7)/t17-,19+;;/m1../s1. The molecule has 2 aromatic heterocycles. The van der Waals surface area contributed by atoms with E-state index in [1.807, 2.05) is 17.4 Å². The smallest absolute Gasteiger partial charge is 0.475 e. The summed E-state index contributed by atoms with van der Waals surface area (Å²) in [4.78, 5) is 30.4. The number of carboxylic acid groups (broad SMARTS) is 2. The van der Waals surface area contributed by atoms with E-state index in [1.54, 1.807) is 12.4 Å². The molecular weight excluding hydrogens is 558 g/mol. The highest BCUT2D eigenvalue weighted by atomic mass is 32.1. The molecule has 2 fully saturated rings. The summed E-state index contributed by atoms with van der Waals surface area (Å²) >= 11 is 1.88. The minimum absolute atomic E-state index is 0.269. The molecule has 0 saturated carbocycles. The van der Waals surface area contributed by atoms with Crippen molar-refractivity contribution < 1.29 is 50.9 Å². The maximum absolute atomic E-state index is 10.6. The van der Waals surface area contributed by atoms with E-state index in [9.17, 15) is 26.3 Å². The van der Waals surface area contributed by atoms with E-state index in [0.29, 0.717) is 6.10 Å². The van der Waals surface area contributed by atoms with Crippen molar-refractivity contribution in [2.45, 2.75) is 51.2 Å². The first-order valence-corrected chi connectivity index (χ1v) is 12.5. The number of aryl methyl sites for hydroxylation is 1. The van der Waals surface area contributed by atoms with Crippen molar-refractivity contribution in [2.24, 2.45) is 5.41 Å². The van der Waals surface area contributed by atoms with Crippen molar-refractivity contribution in [3.8, 4) is 0 Å². The zero-order chi connectivity index (χ0) is 29.3. The van der Waals surface area contributed by atoms with Crippen LogP contribution in [-0.2, 0) is 20.9 Å². The summed E-state index contributed by atoms with van der Waals surface area (Å²) in [5, 5.41) is 19.8. The number of hydrogen-bond acceptors (Lipinski definition) is 8. The molecule has 4 rings (SSSR count). The van der Waals surface area contributed by atoms with Gasteiger partial charge in [0.25, 0.3) is 0 Å². The first-order chi connectivity index (χ1) is 18.1. The van der Waals surface area contributed by atoms with Crippen LogP contribution in [0.4, 0.5) is 32.3 Å². The number of likely N-dealkylation sites (tertiary alicyclic amines) is 1. The quantitative estimate of drug-likeness (QED) is 0.417. The molecule has 2 aromatic rings. The third-order valence-electron chi connectivity index (χ3n) is 6.14. The highest BCUT2D eigenvalue weighted by Crippen LogP contribution is 2.44. The molecule has 0 amide bonds. The average molecular weight is 587 g/mol. The van der Waals surface area contributed by atoms with Crippen LogP contribution in [0.15, 0.2) is 29.9 Å². The van der Waals surface area contributed by atoms with E-state index >= 15 is 0 Å². The summed E-state index contributed by atoms with van der Waals surface area (Å²) in [5.41, 5.74) is 1.69. The van der Waals surface area contributed by atoms with Crippen molar-refractivity contribution in [2.75, 3.05) is 31.6 Å². The second kappa shape index (κ2) is 13.9. The predicted molar refractivity (Wildman–Crippen MR) is 128 cm³/mol. The summed E-state index contributed by atoms with van der Waals surface area (Å²) in [6, 6.07) is 4.07. The third-order valence-corrected chi connectivity index (χ3v) is 7.15. The summed E-state index contributed by atoms with van der Waals surface area (Å²) in [7, 11) is 0. The molecule has 218 valence electrons. The highest BCUT2D eigenvalue weighted by Gasteiger charge is 2.47. The monoisotopic (exact) mass is 586 g/mol. The normalized spacial score (nSPS) is 21.1. The predicted octanol–water partition coefficient (Wildman–Crippen LogP) is 4.60. The van der Waals surface area contributed by atoms with Crippen LogP contribution in [0.1, 0.15) is 29.7 Å². The van der Waals surface area contributed by atoms with Gasteiger partial charge in [0, 0.05) is 55.5 Å². The number of piperidine rings is 1. The van der Waals surface area contributed by atoms with Gasteiger partial charge in [-0.3, -0.25) is 4.90 Å². The number of halogens is 6. The van der Waals surface area contributed by atoms with Crippen LogP contribution < -0.4 is 5.32 Å². The number of ether oxygens (including phenoxy) is 1. The summed E-state index contributed by atoms with van der Waals surface area (Å²) in [5.74, 6) is -4.80. The van der Waals surface area contributed by atoms with Gasteiger partial charge in [-0.2, -0.15) is 26.3 Å². The van der Waals surface area contributed by atoms with Crippen LogP contribution in [0.5, 0.6) is 0 Å². The maximum atomic E-state index is 10.6. The van der Waals surface area contributed by atoms with E-state index < -0.39 is 24.3 Å². The first-order valence-electron chi connectivity index (χ1n) is 11.6. The van der Waals surface area contributed by atoms with E-state index in [0.717, 1.165) is 58.0 Å². The van der Waals surface area contributed by atoms with Crippen molar-refractivity contribution in [1.82, 2.24) is 14.9 Å². The Bertz CT molecular complexity index is 1050. The Labute approximate surface area is 223 Å². The lowest BCUT2D eigenvalue weighted by Crippen LogP contribution is -2.49. The largest absolute Gasteiger partial charge is 0.490 e. The Morgan fingerprint density at radius 1 is 1.15 bits per heavy atom. The molecule has 4 heterocycles. The number of aliphatic carboxylic acids is 2. The van der Waals surface area contributed by atoms with Gasteiger partial charge in [-0.25, -0.2) is 19.6 Å². The molecular formula is C23H28F6N4O5S. The topological polar surface area (TPSA) is 125 Å². The number of rotatable bonds is 6. The molecule has 0 unspecified atom stereocenters. The number of alkyl halides is 6. The molecule has 0 aliphatic carbocycles. The lowest BCUT2D eigenvalue weighted by molar-refractivity contribution is -0.193. The fourth-order valence-electron chi connectivity index (χ4n) is 4.22. The van der Waals surface area contributed by atoms with Gasteiger partial charge >= 0.3 is 24.3 Å². The van der Waals surface area contributed by atoms with Crippen molar-refractivity contribution in [3.05, 3.63) is 40.3 Å². The van der Waals surface area contributed by atoms with Crippen molar-refractivity contribution >= 4 is 29.2 Å². The molecule has 0 bridgehead atoms. The van der Waals surface area contributed by atoms with Gasteiger partial charge < -0.3 is 20.3 Å². The summed E-state index contributed by atoms with van der Waals surface area (Å²) in [6.45, 7) is 7.36. The minimum Gasteiger partial charge on any atom is -0.475 e. The Hall–Kier alpha value is -2.98. The van der Waals surface area contributed by atoms with Crippen LogP contribution in [0.2, 0.25) is 0 Å². The van der Waals surface area contributed by atoms with Crippen LogP contribution >= 0.6 is 11.3 Å². The van der Waals surface area contributed by atoms with Gasteiger partial charge in [0.1, 0.15) is 0 Å². The van der Waals surface area contributed by atoms with Crippen molar-refractivity contribution in [1.29, 1.82) is 0 Å². The molecule has 0 aromatic carbocycles. The first kappa shape index (κ1) is 32.2. The third kappa shape index (κ3) is 10.3. The fraction of sp³-hybridized carbons (Fsp3) is 0.565. The zero-order valence-corrected chi connectivity index (χ0v) is 21.6. The second-order valence-corrected chi connectivity index (χ2v) is 9.85. The Kier molecular flexibility index (Phi) is 11.5. The highest BCUT2D eigenvalue weighted by molar-refractivity contribution is 7.10. The molecule has 3 N–H and O–H groups in total. The molecule has 0 radical (unpaired) electrons. The van der Waals surface area contributed by atoms with Crippen molar-refractivity contribution in [3.63, 3.8) is 0 Å². The number of hydrogen-bond donors (Lipinski definition) is 3. The SMILES string of the molecule is Cc1ccsc1CN1CC[C@H]2OCC[C@@]2(CCNc2ncccn2)C1.O=C(O)C(F)(F)F.O=C(O)C(F)(F)F. The van der Waals surface area contributed by atoms with Crippen LogP contribution in [0.25, 0.3) is 0 Å². The van der Waals surface area contributed by atoms with Crippen LogP contribution in [0.3, 0.4) is 0 Å². The molecule has 2 atom stereocenters. The zero-order valence-electron chi connectivity index (χ0n) is 20.8. The average Bonchev–Trinajstić information content (AvgIpc) is 3.45. The number of carboxylic acids is 2.